The average Bonchev–Trinajstić information content (AvgIpc) is 2.76. The number of ether oxygens (including phenoxy) is 1. The Kier molecular flexibility index (Phi) is 6.18. The van der Waals surface area contributed by atoms with Crippen molar-refractivity contribution in [2.45, 2.75) is 24.8 Å². The van der Waals surface area contributed by atoms with E-state index in [1.165, 1.54) is 23.7 Å². The second-order valence-electron chi connectivity index (χ2n) is 4.29. The predicted octanol–water partition coefficient (Wildman–Crippen LogP) is 0.698. The van der Waals surface area contributed by atoms with E-state index in [0.717, 1.165) is 6.42 Å². The molecular formula is C12H22N4O3S. The Bertz CT molecular complexity index is 539. The van der Waals surface area contributed by atoms with Gasteiger partial charge in [0.1, 0.15) is 4.90 Å². The van der Waals surface area contributed by atoms with Crippen molar-refractivity contribution < 1.29 is 13.2 Å². The SMILES string of the molecule is C=CCN(CCOC)S(=O)(=O)c1cn(CCC)nc1N. The fraction of sp³-hybridized carbons (Fsp3) is 0.583. The smallest absolute Gasteiger partial charge is 0.248 e. The molecule has 0 fully saturated rings. The Labute approximate surface area is 120 Å². The first-order valence-electron chi connectivity index (χ1n) is 6.40. The molecule has 0 saturated carbocycles. The molecule has 114 valence electrons. The monoisotopic (exact) mass is 302 g/mol. The molecule has 0 aliphatic rings. The van der Waals surface area contributed by atoms with Crippen LogP contribution in [0.4, 0.5) is 5.82 Å². The van der Waals surface area contributed by atoms with Crippen LogP contribution in [0.25, 0.3) is 0 Å². The van der Waals surface area contributed by atoms with Gasteiger partial charge in [-0.15, -0.1) is 6.58 Å². The normalized spacial score (nSPS) is 11.9. The van der Waals surface area contributed by atoms with Gasteiger partial charge in [0, 0.05) is 32.9 Å². The summed E-state index contributed by atoms with van der Waals surface area (Å²) >= 11 is 0. The third-order valence-electron chi connectivity index (χ3n) is 2.70. The van der Waals surface area contributed by atoms with Crippen molar-refractivity contribution in [2.75, 3.05) is 32.5 Å². The Morgan fingerprint density at radius 2 is 2.30 bits per heavy atom. The van der Waals surface area contributed by atoms with Crippen molar-refractivity contribution in [1.82, 2.24) is 14.1 Å². The molecule has 0 bridgehead atoms. The number of hydrogen-bond acceptors (Lipinski definition) is 5. The van der Waals surface area contributed by atoms with Crippen LogP contribution in [0.2, 0.25) is 0 Å². The van der Waals surface area contributed by atoms with Gasteiger partial charge in [0.25, 0.3) is 0 Å². The molecule has 0 aliphatic carbocycles. The molecule has 1 heterocycles. The second-order valence-corrected chi connectivity index (χ2v) is 6.19. The zero-order valence-electron chi connectivity index (χ0n) is 11.9. The molecule has 0 radical (unpaired) electrons. The number of methoxy groups -OCH3 is 1. The summed E-state index contributed by atoms with van der Waals surface area (Å²) in [6.07, 6.45) is 3.84. The third-order valence-corrected chi connectivity index (χ3v) is 4.58. The van der Waals surface area contributed by atoms with E-state index in [4.69, 9.17) is 10.5 Å². The van der Waals surface area contributed by atoms with Gasteiger partial charge >= 0.3 is 0 Å². The summed E-state index contributed by atoms with van der Waals surface area (Å²) in [4.78, 5) is 0.0314. The van der Waals surface area contributed by atoms with E-state index in [1.807, 2.05) is 6.92 Å². The first kappa shape index (κ1) is 16.7. The molecule has 1 rings (SSSR count). The Morgan fingerprint density at radius 3 is 2.85 bits per heavy atom. The van der Waals surface area contributed by atoms with Gasteiger partial charge in [0.05, 0.1) is 6.61 Å². The number of sulfonamides is 1. The molecule has 0 atom stereocenters. The van der Waals surface area contributed by atoms with E-state index < -0.39 is 10.0 Å². The van der Waals surface area contributed by atoms with Gasteiger partial charge < -0.3 is 10.5 Å². The summed E-state index contributed by atoms with van der Waals surface area (Å²) in [5.74, 6) is 0.0185. The molecule has 20 heavy (non-hydrogen) atoms. The standard InChI is InChI=1S/C12H22N4O3S/c1-4-6-15-10-11(12(13)14-15)20(17,18)16(7-5-2)8-9-19-3/h5,10H,2,4,6-9H2,1,3H3,(H2,13,14). The van der Waals surface area contributed by atoms with Crippen molar-refractivity contribution in [1.29, 1.82) is 0 Å². The third kappa shape index (κ3) is 3.81. The summed E-state index contributed by atoms with van der Waals surface area (Å²) < 4.78 is 32.9. The lowest BCUT2D eigenvalue weighted by atomic mass is 10.5. The zero-order valence-corrected chi connectivity index (χ0v) is 12.8. The number of anilines is 1. The quantitative estimate of drug-likeness (QED) is 0.678. The van der Waals surface area contributed by atoms with Gasteiger partial charge in [-0.2, -0.15) is 9.40 Å². The maximum Gasteiger partial charge on any atom is 0.248 e. The molecule has 1 aromatic heterocycles. The van der Waals surface area contributed by atoms with E-state index in [2.05, 4.69) is 11.7 Å². The van der Waals surface area contributed by atoms with E-state index >= 15 is 0 Å². The minimum absolute atomic E-state index is 0.0185. The maximum atomic E-state index is 12.6. The Hall–Kier alpha value is -1.38. The summed E-state index contributed by atoms with van der Waals surface area (Å²) in [5.41, 5.74) is 5.73. The number of hydrogen-bond donors (Lipinski definition) is 1. The van der Waals surface area contributed by atoms with Gasteiger partial charge in [-0.05, 0) is 6.42 Å². The van der Waals surface area contributed by atoms with Crippen molar-refractivity contribution in [3.8, 4) is 0 Å². The highest BCUT2D eigenvalue weighted by molar-refractivity contribution is 7.89. The highest BCUT2D eigenvalue weighted by atomic mass is 32.2. The Morgan fingerprint density at radius 1 is 1.60 bits per heavy atom. The molecule has 1 aromatic rings. The highest BCUT2D eigenvalue weighted by Gasteiger charge is 2.27. The van der Waals surface area contributed by atoms with E-state index in [0.29, 0.717) is 13.2 Å². The van der Waals surface area contributed by atoms with Crippen LogP contribution in [0.5, 0.6) is 0 Å². The van der Waals surface area contributed by atoms with Crippen molar-refractivity contribution in [2.24, 2.45) is 0 Å². The maximum absolute atomic E-state index is 12.6. The van der Waals surface area contributed by atoms with Crippen molar-refractivity contribution in [3.05, 3.63) is 18.9 Å². The molecule has 0 amide bonds. The number of nitrogens with zero attached hydrogens (tertiary/aromatic N) is 3. The molecule has 0 saturated heterocycles. The number of aryl methyl sites for hydroxylation is 1. The molecule has 7 nitrogen and oxygen atoms in total. The number of rotatable bonds is 9. The van der Waals surface area contributed by atoms with Gasteiger partial charge in [-0.3, -0.25) is 4.68 Å². The first-order chi connectivity index (χ1) is 9.47. The lowest BCUT2D eigenvalue weighted by molar-refractivity contribution is 0.182. The van der Waals surface area contributed by atoms with Gasteiger partial charge in [-0.25, -0.2) is 8.42 Å². The van der Waals surface area contributed by atoms with Crippen LogP contribution in [0, 0.1) is 0 Å². The fourth-order valence-corrected chi connectivity index (χ4v) is 3.20. The average molecular weight is 302 g/mol. The number of nitrogen functional groups attached to an aromatic ring is 1. The van der Waals surface area contributed by atoms with Gasteiger partial charge in [-0.1, -0.05) is 13.0 Å². The van der Waals surface area contributed by atoms with Crippen LogP contribution in [0.15, 0.2) is 23.7 Å². The fourth-order valence-electron chi connectivity index (χ4n) is 1.75. The lowest BCUT2D eigenvalue weighted by Crippen LogP contribution is -2.34. The van der Waals surface area contributed by atoms with Gasteiger partial charge in [0.15, 0.2) is 5.82 Å². The van der Waals surface area contributed by atoms with Crippen LogP contribution >= 0.6 is 0 Å². The molecular weight excluding hydrogens is 280 g/mol. The lowest BCUT2D eigenvalue weighted by Gasteiger charge is -2.19. The summed E-state index contributed by atoms with van der Waals surface area (Å²) in [5, 5.41) is 4.02. The van der Waals surface area contributed by atoms with E-state index in [-0.39, 0.29) is 23.8 Å². The predicted molar refractivity (Wildman–Crippen MR) is 77.8 cm³/mol. The molecule has 0 aromatic carbocycles. The first-order valence-corrected chi connectivity index (χ1v) is 7.84. The summed E-state index contributed by atoms with van der Waals surface area (Å²) in [7, 11) is -2.17. The van der Waals surface area contributed by atoms with Crippen LogP contribution in [0.3, 0.4) is 0 Å². The number of nitrogens with two attached hydrogens (primary N) is 1. The van der Waals surface area contributed by atoms with Crippen LogP contribution in [0.1, 0.15) is 13.3 Å². The summed E-state index contributed by atoms with van der Waals surface area (Å²) in [6.45, 7) is 6.92. The molecule has 0 unspecified atom stereocenters. The van der Waals surface area contributed by atoms with E-state index in [1.54, 1.807) is 4.68 Å². The number of aromatic nitrogens is 2. The minimum Gasteiger partial charge on any atom is -0.383 e. The van der Waals surface area contributed by atoms with E-state index in [9.17, 15) is 8.42 Å². The topological polar surface area (TPSA) is 90.5 Å². The highest BCUT2D eigenvalue weighted by Crippen LogP contribution is 2.21. The molecule has 0 aliphatic heterocycles. The van der Waals surface area contributed by atoms with Crippen molar-refractivity contribution in [3.63, 3.8) is 0 Å². The van der Waals surface area contributed by atoms with Crippen molar-refractivity contribution >= 4 is 15.8 Å². The largest absolute Gasteiger partial charge is 0.383 e. The van der Waals surface area contributed by atoms with Crippen LogP contribution in [-0.2, 0) is 21.3 Å². The molecule has 0 spiro atoms. The molecule has 2 N–H and O–H groups in total. The minimum atomic E-state index is -3.69. The summed E-state index contributed by atoms with van der Waals surface area (Å²) in [6, 6.07) is 0. The second kappa shape index (κ2) is 7.41. The molecule has 8 heteroatoms. The van der Waals surface area contributed by atoms with Crippen LogP contribution in [-0.4, -0.2) is 49.3 Å². The Balaban J connectivity index is 3.08. The van der Waals surface area contributed by atoms with Crippen LogP contribution < -0.4 is 5.73 Å². The van der Waals surface area contributed by atoms with Gasteiger partial charge in [0.2, 0.25) is 10.0 Å². The zero-order chi connectivity index (χ0) is 15.2.